The maximum atomic E-state index is 6.01. The van der Waals surface area contributed by atoms with Gasteiger partial charge < -0.3 is 20.7 Å². The van der Waals surface area contributed by atoms with Crippen molar-refractivity contribution >= 4 is 29.9 Å². The number of nitrogens with two attached hydrogens (primary N) is 1. The van der Waals surface area contributed by atoms with Gasteiger partial charge in [-0.15, -0.1) is 24.0 Å². The number of guanidine groups is 1. The van der Waals surface area contributed by atoms with Crippen LogP contribution in [0.25, 0.3) is 0 Å². The van der Waals surface area contributed by atoms with Crippen LogP contribution in [0, 0.1) is 5.92 Å². The van der Waals surface area contributed by atoms with E-state index in [1.54, 1.807) is 0 Å². The molecule has 1 fully saturated rings. The second-order valence-electron chi connectivity index (χ2n) is 6.57. The van der Waals surface area contributed by atoms with Gasteiger partial charge in [-0.2, -0.15) is 0 Å². The molecule has 6 nitrogen and oxygen atoms in total. The van der Waals surface area contributed by atoms with E-state index in [0.29, 0.717) is 17.9 Å². The zero-order valence-electron chi connectivity index (χ0n) is 16.0. The summed E-state index contributed by atoms with van der Waals surface area (Å²) in [6.45, 7) is 11.1. The average Bonchev–Trinajstić information content (AvgIpc) is 2.56. The molecule has 1 aliphatic rings. The van der Waals surface area contributed by atoms with Gasteiger partial charge in [-0.05, 0) is 33.0 Å². The van der Waals surface area contributed by atoms with E-state index in [1.807, 2.05) is 0 Å². The summed E-state index contributed by atoms with van der Waals surface area (Å²) in [6.07, 6.45) is 3.45. The lowest BCUT2D eigenvalue weighted by atomic mass is 9.93. The molecule has 0 radical (unpaired) electrons. The summed E-state index contributed by atoms with van der Waals surface area (Å²) in [5.41, 5.74) is 6.01. The molecule has 0 spiro atoms. The van der Waals surface area contributed by atoms with E-state index in [9.17, 15) is 0 Å². The van der Waals surface area contributed by atoms with Crippen LogP contribution in [0.2, 0.25) is 0 Å². The van der Waals surface area contributed by atoms with Gasteiger partial charge in [0.1, 0.15) is 0 Å². The third-order valence-corrected chi connectivity index (χ3v) is 4.77. The van der Waals surface area contributed by atoms with Crippen LogP contribution in [0.3, 0.4) is 0 Å². The van der Waals surface area contributed by atoms with Crippen LogP contribution >= 0.6 is 24.0 Å². The quantitative estimate of drug-likeness (QED) is 0.227. The Bertz CT molecular complexity index is 331. The summed E-state index contributed by atoms with van der Waals surface area (Å²) in [5.74, 6) is 1.24. The number of nitrogens with one attached hydrogen (secondary N) is 1. The summed E-state index contributed by atoms with van der Waals surface area (Å²) in [5, 5.41) is 3.24. The van der Waals surface area contributed by atoms with Crippen molar-refractivity contribution in [3.8, 4) is 0 Å². The third-order valence-electron chi connectivity index (χ3n) is 4.77. The Morgan fingerprint density at radius 3 is 2.42 bits per heavy atom. The average molecular weight is 455 g/mol. The lowest BCUT2D eigenvalue weighted by Crippen LogP contribution is -2.41. The Morgan fingerprint density at radius 2 is 1.88 bits per heavy atom. The minimum absolute atomic E-state index is 0. The molecule has 1 heterocycles. The molecule has 7 heteroatoms. The van der Waals surface area contributed by atoms with Crippen LogP contribution in [0.5, 0.6) is 0 Å². The lowest BCUT2D eigenvalue weighted by Gasteiger charge is -2.30. The van der Waals surface area contributed by atoms with Gasteiger partial charge in [-0.3, -0.25) is 9.89 Å². The van der Waals surface area contributed by atoms with Gasteiger partial charge in [0.15, 0.2) is 5.96 Å². The minimum Gasteiger partial charge on any atom is -0.379 e. The van der Waals surface area contributed by atoms with Crippen molar-refractivity contribution < 1.29 is 4.74 Å². The number of aliphatic imine (C=N–C) groups is 1. The molecule has 144 valence electrons. The van der Waals surface area contributed by atoms with Crippen LogP contribution in [0.15, 0.2) is 4.99 Å². The Hall–Kier alpha value is -0.120. The van der Waals surface area contributed by atoms with Crippen molar-refractivity contribution in [1.82, 2.24) is 15.1 Å². The summed E-state index contributed by atoms with van der Waals surface area (Å²) in [4.78, 5) is 9.26. The molecule has 0 aromatic carbocycles. The molecule has 0 saturated carbocycles. The van der Waals surface area contributed by atoms with E-state index < -0.39 is 0 Å². The van der Waals surface area contributed by atoms with Gasteiger partial charge in [0, 0.05) is 25.7 Å². The van der Waals surface area contributed by atoms with Crippen molar-refractivity contribution in [1.29, 1.82) is 0 Å². The first-order valence-corrected chi connectivity index (χ1v) is 9.08. The zero-order valence-corrected chi connectivity index (χ0v) is 18.3. The summed E-state index contributed by atoms with van der Waals surface area (Å²) >= 11 is 0. The predicted molar refractivity (Wildman–Crippen MR) is 113 cm³/mol. The summed E-state index contributed by atoms with van der Waals surface area (Å²) in [6, 6.07) is 0.457. The molecular formula is C17H38IN5O. The molecule has 0 bridgehead atoms. The van der Waals surface area contributed by atoms with Crippen LogP contribution < -0.4 is 11.1 Å². The SMILES string of the molecule is CCC(CC)C(CN=C(N)NCCCN1CCOCC1)N(C)C.I. The molecule has 1 rings (SSSR count). The molecule has 0 aromatic heterocycles. The van der Waals surface area contributed by atoms with E-state index in [1.165, 1.54) is 12.8 Å². The second kappa shape index (κ2) is 14.1. The fourth-order valence-corrected chi connectivity index (χ4v) is 3.16. The standard InChI is InChI=1S/C17H37N5O.HI/c1-5-15(6-2)16(21(3)4)14-20-17(18)19-8-7-9-22-10-12-23-13-11-22;/h15-16H,5-14H2,1-4H3,(H3,18,19,20);1H. The normalized spacial score (nSPS) is 17.8. The predicted octanol–water partition coefficient (Wildman–Crippen LogP) is 1.60. The largest absolute Gasteiger partial charge is 0.379 e. The monoisotopic (exact) mass is 455 g/mol. The smallest absolute Gasteiger partial charge is 0.188 e. The maximum Gasteiger partial charge on any atom is 0.188 e. The van der Waals surface area contributed by atoms with Crippen molar-refractivity contribution in [2.24, 2.45) is 16.6 Å². The Labute approximate surface area is 165 Å². The zero-order chi connectivity index (χ0) is 17.1. The number of nitrogens with zero attached hydrogens (tertiary/aromatic N) is 3. The van der Waals surface area contributed by atoms with E-state index in [2.05, 4.69) is 48.1 Å². The molecule has 1 aliphatic heterocycles. The van der Waals surface area contributed by atoms with Crippen molar-refractivity contribution in [3.63, 3.8) is 0 Å². The van der Waals surface area contributed by atoms with Crippen molar-refractivity contribution in [2.45, 2.75) is 39.2 Å². The van der Waals surface area contributed by atoms with Gasteiger partial charge in [0.05, 0.1) is 19.8 Å². The molecule has 0 amide bonds. The lowest BCUT2D eigenvalue weighted by molar-refractivity contribution is 0.0376. The number of hydrogen-bond donors (Lipinski definition) is 2. The van der Waals surface area contributed by atoms with E-state index in [0.717, 1.165) is 52.4 Å². The van der Waals surface area contributed by atoms with E-state index in [-0.39, 0.29) is 24.0 Å². The molecule has 1 unspecified atom stereocenters. The maximum absolute atomic E-state index is 6.01. The summed E-state index contributed by atoms with van der Waals surface area (Å²) < 4.78 is 5.36. The highest BCUT2D eigenvalue weighted by Crippen LogP contribution is 2.17. The fourth-order valence-electron chi connectivity index (χ4n) is 3.16. The van der Waals surface area contributed by atoms with Crippen LogP contribution in [-0.2, 0) is 4.74 Å². The first kappa shape index (κ1) is 23.9. The van der Waals surface area contributed by atoms with Gasteiger partial charge in [-0.1, -0.05) is 26.7 Å². The first-order chi connectivity index (χ1) is 11.1. The van der Waals surface area contributed by atoms with Crippen molar-refractivity contribution in [3.05, 3.63) is 0 Å². The number of halogens is 1. The molecule has 3 N–H and O–H groups in total. The minimum atomic E-state index is 0. The Balaban J connectivity index is 0.00000529. The molecule has 0 aliphatic carbocycles. The van der Waals surface area contributed by atoms with Crippen LogP contribution in [0.1, 0.15) is 33.1 Å². The molecule has 24 heavy (non-hydrogen) atoms. The number of ether oxygens (including phenoxy) is 1. The first-order valence-electron chi connectivity index (χ1n) is 9.08. The van der Waals surface area contributed by atoms with E-state index in [4.69, 9.17) is 10.5 Å². The van der Waals surface area contributed by atoms with Gasteiger partial charge in [-0.25, -0.2) is 0 Å². The Kier molecular flexibility index (Phi) is 14.0. The number of rotatable bonds is 10. The topological polar surface area (TPSA) is 66.1 Å². The molecular weight excluding hydrogens is 417 g/mol. The highest BCUT2D eigenvalue weighted by molar-refractivity contribution is 14.0. The summed E-state index contributed by atoms with van der Waals surface area (Å²) in [7, 11) is 4.26. The van der Waals surface area contributed by atoms with Gasteiger partial charge in [0.2, 0.25) is 0 Å². The molecule has 1 atom stereocenters. The Morgan fingerprint density at radius 1 is 1.25 bits per heavy atom. The molecule has 1 saturated heterocycles. The van der Waals surface area contributed by atoms with Crippen molar-refractivity contribution in [2.75, 3.05) is 60.0 Å². The highest BCUT2D eigenvalue weighted by Gasteiger charge is 2.20. The van der Waals surface area contributed by atoms with E-state index >= 15 is 0 Å². The van der Waals surface area contributed by atoms with Crippen LogP contribution in [-0.4, -0.2) is 81.8 Å². The number of morpholine rings is 1. The van der Waals surface area contributed by atoms with Crippen LogP contribution in [0.4, 0.5) is 0 Å². The van der Waals surface area contributed by atoms with Gasteiger partial charge in [0.25, 0.3) is 0 Å². The second-order valence-corrected chi connectivity index (χ2v) is 6.57. The third kappa shape index (κ3) is 9.39. The molecule has 0 aromatic rings. The van der Waals surface area contributed by atoms with Gasteiger partial charge >= 0.3 is 0 Å². The fraction of sp³-hybridized carbons (Fsp3) is 0.941. The number of likely N-dealkylation sites (N-methyl/N-ethyl adjacent to an activating group) is 1. The number of hydrogen-bond acceptors (Lipinski definition) is 4. The highest BCUT2D eigenvalue weighted by atomic mass is 127.